The Kier molecular flexibility index (Phi) is 5.59. The molecule has 3 N–H and O–H groups in total. The van der Waals surface area contributed by atoms with Crippen LogP contribution < -0.4 is 11.2 Å². The quantitative estimate of drug-likeness (QED) is 0.549. The predicted molar refractivity (Wildman–Crippen MR) is 76.4 cm³/mol. The minimum Gasteiger partial charge on any atom is -0.387 e. The van der Waals surface area contributed by atoms with E-state index in [0.717, 1.165) is 16.4 Å². The van der Waals surface area contributed by atoms with E-state index in [2.05, 4.69) is 4.98 Å². The van der Waals surface area contributed by atoms with E-state index in [0.29, 0.717) is 6.61 Å². The molecule has 1 aliphatic heterocycles. The number of thioether (sulfide) groups is 1. The van der Waals surface area contributed by atoms with Gasteiger partial charge in [0.25, 0.3) is 5.56 Å². The molecule has 9 heteroatoms. The molecule has 21 heavy (non-hydrogen) atoms. The van der Waals surface area contributed by atoms with Crippen molar-refractivity contribution in [3.05, 3.63) is 33.1 Å². The lowest BCUT2D eigenvalue weighted by atomic mass is 10.1. The van der Waals surface area contributed by atoms with E-state index in [4.69, 9.17) is 9.47 Å². The summed E-state index contributed by atoms with van der Waals surface area (Å²) in [5, 5.41) is 19.9. The molecule has 1 unspecified atom stereocenters. The second-order valence-electron chi connectivity index (χ2n) is 4.63. The molecule has 0 saturated carbocycles. The Morgan fingerprint density at radius 1 is 1.43 bits per heavy atom. The first kappa shape index (κ1) is 16.2. The van der Waals surface area contributed by atoms with Gasteiger partial charge in [-0.05, 0) is 6.26 Å². The largest absolute Gasteiger partial charge is 0.387 e. The van der Waals surface area contributed by atoms with E-state index in [9.17, 15) is 19.8 Å². The lowest BCUT2D eigenvalue weighted by Crippen LogP contribution is -2.37. The number of aliphatic hydroxyl groups is 2. The van der Waals surface area contributed by atoms with Crippen LogP contribution in [0.1, 0.15) is 6.23 Å². The van der Waals surface area contributed by atoms with Gasteiger partial charge in [-0.2, -0.15) is 11.8 Å². The predicted octanol–water partition coefficient (Wildman–Crippen LogP) is -1.46. The van der Waals surface area contributed by atoms with Gasteiger partial charge in [-0.15, -0.1) is 0 Å². The molecule has 2 rings (SSSR count). The van der Waals surface area contributed by atoms with Crippen molar-refractivity contribution in [2.75, 3.05) is 25.2 Å². The summed E-state index contributed by atoms with van der Waals surface area (Å²) in [5.41, 5.74) is -1.25. The highest BCUT2D eigenvalue weighted by atomic mass is 32.2. The number of nitrogens with zero attached hydrogens (tertiary/aromatic N) is 1. The number of nitrogens with one attached hydrogen (secondary N) is 1. The van der Waals surface area contributed by atoms with Crippen molar-refractivity contribution in [1.82, 2.24) is 9.55 Å². The van der Waals surface area contributed by atoms with Gasteiger partial charge in [0.1, 0.15) is 18.3 Å². The van der Waals surface area contributed by atoms with Crippen LogP contribution in [0.15, 0.2) is 21.9 Å². The Labute approximate surface area is 124 Å². The number of rotatable bonds is 6. The van der Waals surface area contributed by atoms with E-state index in [-0.39, 0.29) is 6.61 Å². The van der Waals surface area contributed by atoms with Crippen molar-refractivity contribution in [3.63, 3.8) is 0 Å². The van der Waals surface area contributed by atoms with Gasteiger partial charge in [0.05, 0.1) is 13.2 Å². The first-order chi connectivity index (χ1) is 10.0. The topological polar surface area (TPSA) is 114 Å². The summed E-state index contributed by atoms with van der Waals surface area (Å²) in [5.74, 6) is 0.814. The number of ether oxygens (including phenoxy) is 2. The summed E-state index contributed by atoms with van der Waals surface area (Å²) < 4.78 is 11.9. The van der Waals surface area contributed by atoms with Gasteiger partial charge in [0.15, 0.2) is 6.23 Å². The molecular formula is C12H18N2O6S. The monoisotopic (exact) mass is 318 g/mol. The molecule has 1 fully saturated rings. The zero-order valence-electron chi connectivity index (χ0n) is 11.5. The fourth-order valence-corrected chi connectivity index (χ4v) is 2.35. The van der Waals surface area contributed by atoms with Crippen LogP contribution in [-0.4, -0.2) is 63.3 Å². The van der Waals surface area contributed by atoms with Crippen LogP contribution in [0.25, 0.3) is 0 Å². The Morgan fingerprint density at radius 2 is 2.19 bits per heavy atom. The number of hydrogen-bond donors (Lipinski definition) is 3. The molecule has 0 bridgehead atoms. The molecule has 4 atom stereocenters. The maximum Gasteiger partial charge on any atom is 0.330 e. The molecule has 0 aliphatic carbocycles. The summed E-state index contributed by atoms with van der Waals surface area (Å²) >= 11 is 1.63. The van der Waals surface area contributed by atoms with Crippen molar-refractivity contribution < 1.29 is 19.7 Å². The van der Waals surface area contributed by atoms with Crippen LogP contribution >= 0.6 is 11.8 Å². The number of aromatic amines is 1. The molecule has 118 valence electrons. The van der Waals surface area contributed by atoms with Gasteiger partial charge in [0, 0.05) is 18.0 Å². The van der Waals surface area contributed by atoms with Gasteiger partial charge in [-0.25, -0.2) is 4.79 Å². The van der Waals surface area contributed by atoms with Gasteiger partial charge in [0.2, 0.25) is 0 Å². The SMILES string of the molecule is CSCCOC[C@H]1O[C@@H](n2ccc(=O)[nH]c2=O)C(O)[C@H]1O. The van der Waals surface area contributed by atoms with Crippen molar-refractivity contribution in [3.8, 4) is 0 Å². The fraction of sp³-hybridized carbons (Fsp3) is 0.667. The second kappa shape index (κ2) is 7.23. The van der Waals surface area contributed by atoms with Crippen LogP contribution in [0.2, 0.25) is 0 Å². The highest BCUT2D eigenvalue weighted by molar-refractivity contribution is 7.98. The fourth-order valence-electron chi connectivity index (χ4n) is 2.07. The Morgan fingerprint density at radius 3 is 2.86 bits per heavy atom. The number of aliphatic hydroxyl groups excluding tert-OH is 2. The summed E-state index contributed by atoms with van der Waals surface area (Å²) in [6, 6.07) is 1.14. The van der Waals surface area contributed by atoms with Crippen LogP contribution in [0.3, 0.4) is 0 Å². The second-order valence-corrected chi connectivity index (χ2v) is 5.62. The maximum absolute atomic E-state index is 11.7. The van der Waals surface area contributed by atoms with E-state index >= 15 is 0 Å². The lowest BCUT2D eigenvalue weighted by Gasteiger charge is -2.16. The normalized spacial score (nSPS) is 28.9. The van der Waals surface area contributed by atoms with E-state index in [1.807, 2.05) is 6.26 Å². The molecule has 2 heterocycles. The average molecular weight is 318 g/mol. The van der Waals surface area contributed by atoms with Crippen molar-refractivity contribution in [2.45, 2.75) is 24.5 Å². The van der Waals surface area contributed by atoms with Crippen molar-refractivity contribution in [2.24, 2.45) is 0 Å². The number of H-pyrrole nitrogens is 1. The summed E-state index contributed by atoms with van der Waals surface area (Å²) in [6.45, 7) is 0.626. The van der Waals surface area contributed by atoms with Crippen LogP contribution in [0.5, 0.6) is 0 Å². The van der Waals surface area contributed by atoms with E-state index in [1.54, 1.807) is 11.8 Å². The van der Waals surface area contributed by atoms with Crippen molar-refractivity contribution >= 4 is 11.8 Å². The molecule has 1 aromatic rings. The maximum atomic E-state index is 11.7. The number of aromatic nitrogens is 2. The third kappa shape index (κ3) is 3.74. The summed E-state index contributed by atoms with van der Waals surface area (Å²) in [4.78, 5) is 24.8. The van der Waals surface area contributed by atoms with Gasteiger partial charge >= 0.3 is 5.69 Å². The zero-order valence-corrected chi connectivity index (χ0v) is 12.3. The van der Waals surface area contributed by atoms with Gasteiger partial charge in [-0.1, -0.05) is 0 Å². The molecule has 1 aliphatic rings. The van der Waals surface area contributed by atoms with Gasteiger partial charge < -0.3 is 19.7 Å². The standard InChI is InChI=1S/C12H18N2O6S/c1-21-5-4-19-6-7-9(16)10(17)11(20-7)14-3-2-8(15)13-12(14)18/h2-3,7,9-11,16-17H,4-6H2,1H3,(H,13,15,18)/t7-,9+,10?,11-/m1/s1. The summed E-state index contributed by atoms with van der Waals surface area (Å²) in [6.07, 6.45) is -1.05. The first-order valence-corrected chi connectivity index (χ1v) is 7.83. The third-order valence-electron chi connectivity index (χ3n) is 3.18. The molecule has 0 spiro atoms. The molecule has 1 saturated heterocycles. The molecule has 0 radical (unpaired) electrons. The van der Waals surface area contributed by atoms with Crippen LogP contribution in [0, 0.1) is 0 Å². The third-order valence-corrected chi connectivity index (χ3v) is 3.75. The van der Waals surface area contributed by atoms with Crippen LogP contribution in [0.4, 0.5) is 0 Å². The summed E-state index contributed by atoms with van der Waals surface area (Å²) in [7, 11) is 0. The molecule has 0 amide bonds. The highest BCUT2D eigenvalue weighted by Gasteiger charge is 2.44. The highest BCUT2D eigenvalue weighted by Crippen LogP contribution is 2.28. The van der Waals surface area contributed by atoms with Gasteiger partial charge in [-0.3, -0.25) is 14.3 Å². The minimum absolute atomic E-state index is 0.118. The molecule has 0 aromatic carbocycles. The Balaban J connectivity index is 2.05. The first-order valence-electron chi connectivity index (χ1n) is 6.44. The van der Waals surface area contributed by atoms with E-state index < -0.39 is 35.8 Å². The van der Waals surface area contributed by atoms with Crippen LogP contribution in [-0.2, 0) is 9.47 Å². The Hall–Kier alpha value is -1.13. The molecule has 1 aromatic heterocycles. The zero-order chi connectivity index (χ0) is 15.4. The average Bonchev–Trinajstić information content (AvgIpc) is 2.72. The molecular weight excluding hydrogens is 300 g/mol. The van der Waals surface area contributed by atoms with E-state index in [1.165, 1.54) is 6.20 Å². The Bertz CT molecular complexity index is 573. The minimum atomic E-state index is -1.28. The van der Waals surface area contributed by atoms with Crippen molar-refractivity contribution in [1.29, 1.82) is 0 Å². The molecule has 8 nitrogen and oxygen atoms in total. The number of hydrogen-bond acceptors (Lipinski definition) is 7. The smallest absolute Gasteiger partial charge is 0.330 e. The lowest BCUT2D eigenvalue weighted by molar-refractivity contribution is -0.0666.